The Morgan fingerprint density at radius 2 is 0.633 bits per heavy atom. The van der Waals surface area contributed by atoms with Gasteiger partial charge in [0.15, 0.2) is 0 Å². The Balaban J connectivity index is 0.973. The number of hydrogen-bond acceptors (Lipinski definition) is 2. The Labute approximate surface area is 354 Å². The van der Waals surface area contributed by atoms with Crippen LogP contribution >= 0.6 is 11.3 Å². The first-order valence-corrected chi connectivity index (χ1v) is 21.3. The van der Waals surface area contributed by atoms with E-state index in [4.69, 9.17) is 0 Å². The molecule has 0 atom stereocenters. The Hall–Kier alpha value is -7.52. The van der Waals surface area contributed by atoms with Crippen molar-refractivity contribution in [3.63, 3.8) is 0 Å². The van der Waals surface area contributed by atoms with Crippen molar-refractivity contribution in [1.29, 1.82) is 0 Å². The van der Waals surface area contributed by atoms with E-state index in [1.807, 2.05) is 11.3 Å². The molecule has 0 N–H and O–H groups in total. The molecule has 0 amide bonds. The maximum absolute atomic E-state index is 2.36. The third-order valence-corrected chi connectivity index (χ3v) is 12.8. The monoisotopic (exact) mass is 781 g/mol. The Morgan fingerprint density at radius 3 is 1.20 bits per heavy atom. The van der Waals surface area contributed by atoms with Gasteiger partial charge in [-0.15, -0.1) is 11.3 Å². The van der Waals surface area contributed by atoms with Crippen LogP contribution < -0.4 is 4.90 Å². The van der Waals surface area contributed by atoms with E-state index in [0.717, 1.165) is 17.1 Å². The van der Waals surface area contributed by atoms with Gasteiger partial charge in [-0.1, -0.05) is 164 Å². The molecule has 0 saturated heterocycles. The fourth-order valence-electron chi connectivity index (χ4n) is 8.52. The normalized spacial score (nSPS) is 11.3. The van der Waals surface area contributed by atoms with E-state index < -0.39 is 0 Å². The fourth-order valence-corrected chi connectivity index (χ4v) is 9.66. The summed E-state index contributed by atoms with van der Waals surface area (Å²) in [7, 11) is 0. The van der Waals surface area contributed by atoms with Gasteiger partial charge in [0.1, 0.15) is 0 Å². The number of fused-ring (bicyclic) bond motifs is 4. The van der Waals surface area contributed by atoms with Gasteiger partial charge in [-0.25, -0.2) is 0 Å². The molecular formula is C58H39NS. The minimum absolute atomic E-state index is 1.10. The second-order valence-electron chi connectivity index (χ2n) is 15.4. The smallest absolute Gasteiger partial charge is 0.0462 e. The Bertz CT molecular complexity index is 3220. The van der Waals surface area contributed by atoms with Crippen LogP contribution in [0.1, 0.15) is 0 Å². The highest BCUT2D eigenvalue weighted by atomic mass is 32.1. The largest absolute Gasteiger partial charge is 0.311 e. The second kappa shape index (κ2) is 15.3. The standard InChI is InChI=1S/C58H39NS/c1-3-11-40(12-4-1)49-36-50(41-13-5-2-6-14-41)38-51(37-49)45-25-32-54(33-26-45)59(52-28-21-43(22-29-52)47-20-19-42-15-7-8-16-46(42)35-47)53-30-23-44(24-31-53)48-27-34-56-55-17-9-10-18-57(55)60-58(56)39-48/h1-39H. The lowest BCUT2D eigenvalue weighted by Gasteiger charge is -2.26. The summed E-state index contributed by atoms with van der Waals surface area (Å²) in [5.74, 6) is 0. The molecule has 0 fully saturated rings. The third-order valence-electron chi connectivity index (χ3n) is 11.7. The van der Waals surface area contributed by atoms with Gasteiger partial charge in [-0.3, -0.25) is 0 Å². The lowest BCUT2D eigenvalue weighted by molar-refractivity contribution is 1.28. The molecule has 0 aliphatic carbocycles. The van der Waals surface area contributed by atoms with Crippen molar-refractivity contribution >= 4 is 59.3 Å². The van der Waals surface area contributed by atoms with Gasteiger partial charge in [0.2, 0.25) is 0 Å². The number of benzene rings is 10. The van der Waals surface area contributed by atoms with Gasteiger partial charge in [0.25, 0.3) is 0 Å². The molecule has 1 aromatic heterocycles. The molecule has 0 saturated carbocycles. The molecule has 11 rings (SSSR count). The second-order valence-corrected chi connectivity index (χ2v) is 16.5. The van der Waals surface area contributed by atoms with Crippen molar-refractivity contribution in [2.75, 3.05) is 4.90 Å². The van der Waals surface area contributed by atoms with Crippen molar-refractivity contribution in [2.24, 2.45) is 0 Å². The topological polar surface area (TPSA) is 3.24 Å². The van der Waals surface area contributed by atoms with E-state index >= 15 is 0 Å². The quantitative estimate of drug-likeness (QED) is 0.148. The van der Waals surface area contributed by atoms with Crippen LogP contribution in [0.5, 0.6) is 0 Å². The average molecular weight is 782 g/mol. The van der Waals surface area contributed by atoms with Crippen molar-refractivity contribution in [3.8, 4) is 55.6 Å². The summed E-state index contributed by atoms with van der Waals surface area (Å²) in [6.45, 7) is 0. The number of thiophene rings is 1. The predicted molar refractivity (Wildman–Crippen MR) is 259 cm³/mol. The minimum atomic E-state index is 1.10. The molecule has 0 aliphatic rings. The highest BCUT2D eigenvalue weighted by molar-refractivity contribution is 7.25. The zero-order chi connectivity index (χ0) is 39.8. The molecule has 1 nitrogen and oxygen atoms in total. The van der Waals surface area contributed by atoms with Gasteiger partial charge in [0, 0.05) is 37.2 Å². The van der Waals surface area contributed by atoms with Crippen LogP contribution in [-0.4, -0.2) is 0 Å². The Kier molecular flexibility index (Phi) is 9.11. The first kappa shape index (κ1) is 35.6. The highest BCUT2D eigenvalue weighted by Crippen LogP contribution is 2.41. The van der Waals surface area contributed by atoms with Gasteiger partial charge >= 0.3 is 0 Å². The number of hydrogen-bond donors (Lipinski definition) is 0. The van der Waals surface area contributed by atoms with Crippen molar-refractivity contribution in [1.82, 2.24) is 0 Å². The number of nitrogens with zero attached hydrogens (tertiary/aromatic N) is 1. The summed E-state index contributed by atoms with van der Waals surface area (Å²) in [6, 6.07) is 86.2. The molecular weight excluding hydrogens is 743 g/mol. The molecule has 0 unspecified atom stereocenters. The molecule has 2 heteroatoms. The van der Waals surface area contributed by atoms with Crippen molar-refractivity contribution < 1.29 is 0 Å². The summed E-state index contributed by atoms with van der Waals surface area (Å²) in [5, 5.41) is 5.15. The summed E-state index contributed by atoms with van der Waals surface area (Å²) in [4.78, 5) is 2.36. The average Bonchev–Trinajstić information content (AvgIpc) is 3.71. The van der Waals surface area contributed by atoms with Gasteiger partial charge in [0.05, 0.1) is 0 Å². The fraction of sp³-hybridized carbons (Fsp3) is 0. The van der Waals surface area contributed by atoms with Gasteiger partial charge in [-0.05, 0) is 139 Å². The van der Waals surface area contributed by atoms with Crippen LogP contribution in [0.3, 0.4) is 0 Å². The zero-order valence-electron chi connectivity index (χ0n) is 32.9. The van der Waals surface area contributed by atoms with E-state index in [0.29, 0.717) is 0 Å². The SMILES string of the molecule is c1ccc(-c2cc(-c3ccccc3)cc(-c3ccc(N(c4ccc(-c5ccc6ccccc6c5)cc4)c4ccc(-c5ccc6c(c5)sc5ccccc56)cc4)cc3)c2)cc1. The summed E-state index contributed by atoms with van der Waals surface area (Å²) < 4.78 is 2.64. The van der Waals surface area contributed by atoms with E-state index in [1.165, 1.54) is 86.6 Å². The van der Waals surface area contributed by atoms with Crippen LogP contribution in [0.4, 0.5) is 17.1 Å². The molecule has 0 bridgehead atoms. The highest BCUT2D eigenvalue weighted by Gasteiger charge is 2.15. The van der Waals surface area contributed by atoms with Gasteiger partial charge < -0.3 is 4.90 Å². The first-order valence-electron chi connectivity index (χ1n) is 20.5. The van der Waals surface area contributed by atoms with Gasteiger partial charge in [-0.2, -0.15) is 0 Å². The minimum Gasteiger partial charge on any atom is -0.311 e. The predicted octanol–water partition coefficient (Wildman–Crippen LogP) is 17.0. The lowest BCUT2D eigenvalue weighted by Crippen LogP contribution is -2.09. The first-order chi connectivity index (χ1) is 29.7. The summed E-state index contributed by atoms with van der Waals surface area (Å²) in [6.07, 6.45) is 0. The molecule has 1 heterocycles. The molecule has 282 valence electrons. The summed E-state index contributed by atoms with van der Waals surface area (Å²) >= 11 is 1.86. The van der Waals surface area contributed by atoms with E-state index in [2.05, 4.69) is 241 Å². The van der Waals surface area contributed by atoms with E-state index in [-0.39, 0.29) is 0 Å². The Morgan fingerprint density at radius 1 is 0.233 bits per heavy atom. The molecule has 0 radical (unpaired) electrons. The maximum atomic E-state index is 2.36. The zero-order valence-corrected chi connectivity index (χ0v) is 33.7. The van der Waals surface area contributed by atoms with Crippen LogP contribution in [-0.2, 0) is 0 Å². The molecule has 60 heavy (non-hydrogen) atoms. The van der Waals surface area contributed by atoms with Crippen LogP contribution in [0.15, 0.2) is 237 Å². The lowest BCUT2D eigenvalue weighted by atomic mass is 9.93. The van der Waals surface area contributed by atoms with Crippen LogP contribution in [0, 0.1) is 0 Å². The van der Waals surface area contributed by atoms with Crippen molar-refractivity contribution in [2.45, 2.75) is 0 Å². The summed E-state index contributed by atoms with van der Waals surface area (Å²) in [5.41, 5.74) is 15.3. The molecule has 0 aliphatic heterocycles. The molecule has 0 spiro atoms. The van der Waals surface area contributed by atoms with E-state index in [1.54, 1.807) is 0 Å². The third kappa shape index (κ3) is 6.83. The number of rotatable bonds is 8. The van der Waals surface area contributed by atoms with Crippen LogP contribution in [0.2, 0.25) is 0 Å². The van der Waals surface area contributed by atoms with Crippen molar-refractivity contribution in [3.05, 3.63) is 237 Å². The van der Waals surface area contributed by atoms with Crippen LogP contribution in [0.25, 0.3) is 86.6 Å². The maximum Gasteiger partial charge on any atom is 0.0462 e. The molecule has 10 aromatic carbocycles. The molecule has 11 aromatic rings. The van der Waals surface area contributed by atoms with E-state index in [9.17, 15) is 0 Å². The number of anilines is 3.